The van der Waals surface area contributed by atoms with Gasteiger partial charge >= 0.3 is 0 Å². The number of fused-ring (bicyclic) bond motifs is 1. The van der Waals surface area contributed by atoms with Crippen LogP contribution in [0.5, 0.6) is 5.75 Å². The summed E-state index contributed by atoms with van der Waals surface area (Å²) in [5, 5.41) is 11.2. The van der Waals surface area contributed by atoms with Gasteiger partial charge in [-0.1, -0.05) is 6.07 Å². The van der Waals surface area contributed by atoms with Crippen LogP contribution in [0.2, 0.25) is 0 Å². The molecule has 0 aliphatic heterocycles. The third-order valence-corrected chi connectivity index (χ3v) is 2.11. The first-order valence-corrected chi connectivity index (χ1v) is 4.07. The minimum Gasteiger partial charge on any atom is -0.507 e. The topological polar surface area (TPSA) is 59.1 Å². The van der Waals surface area contributed by atoms with Gasteiger partial charge < -0.3 is 10.8 Å². The molecule has 0 bridgehead atoms. The van der Waals surface area contributed by atoms with Crippen LogP contribution in [0.1, 0.15) is 5.56 Å². The van der Waals surface area contributed by atoms with Crippen molar-refractivity contribution in [2.24, 2.45) is 5.73 Å². The summed E-state index contributed by atoms with van der Waals surface area (Å²) in [4.78, 5) is 4.00. The molecule has 13 heavy (non-hydrogen) atoms. The standard InChI is InChI=1S/C10H10N2O/c11-5-7-1-2-10(13)8-3-4-12-6-9(7)8/h1-4,6,13H,5,11H2. The van der Waals surface area contributed by atoms with Crippen LogP contribution in [0, 0.1) is 0 Å². The van der Waals surface area contributed by atoms with E-state index in [0.717, 1.165) is 16.3 Å². The summed E-state index contributed by atoms with van der Waals surface area (Å²) < 4.78 is 0. The Morgan fingerprint density at radius 2 is 2.08 bits per heavy atom. The maximum Gasteiger partial charge on any atom is 0.123 e. The molecule has 2 rings (SSSR count). The van der Waals surface area contributed by atoms with E-state index in [2.05, 4.69) is 4.98 Å². The Kier molecular flexibility index (Phi) is 1.87. The zero-order chi connectivity index (χ0) is 9.26. The van der Waals surface area contributed by atoms with Gasteiger partial charge in [-0.15, -0.1) is 0 Å². The molecule has 1 aromatic heterocycles. The quantitative estimate of drug-likeness (QED) is 0.687. The normalized spacial score (nSPS) is 10.5. The lowest BCUT2D eigenvalue weighted by Gasteiger charge is -2.04. The van der Waals surface area contributed by atoms with Gasteiger partial charge in [0, 0.05) is 29.7 Å². The summed E-state index contributed by atoms with van der Waals surface area (Å²) in [6.45, 7) is 0.461. The molecule has 0 radical (unpaired) electrons. The molecule has 0 unspecified atom stereocenters. The van der Waals surface area contributed by atoms with Crippen molar-refractivity contribution in [3.63, 3.8) is 0 Å². The van der Waals surface area contributed by atoms with E-state index in [-0.39, 0.29) is 5.75 Å². The highest BCUT2D eigenvalue weighted by Gasteiger charge is 2.02. The van der Waals surface area contributed by atoms with Gasteiger partial charge in [0.1, 0.15) is 5.75 Å². The first-order chi connectivity index (χ1) is 6.33. The number of hydrogen-bond acceptors (Lipinski definition) is 3. The number of benzene rings is 1. The number of nitrogens with two attached hydrogens (primary N) is 1. The average molecular weight is 174 g/mol. The van der Waals surface area contributed by atoms with Gasteiger partial charge in [0.05, 0.1) is 0 Å². The number of phenolic OH excluding ortho intramolecular Hbond substituents is 1. The first-order valence-electron chi connectivity index (χ1n) is 4.07. The Bertz CT molecular complexity index is 440. The van der Waals surface area contributed by atoms with E-state index in [1.807, 2.05) is 6.07 Å². The van der Waals surface area contributed by atoms with Crippen LogP contribution in [-0.4, -0.2) is 10.1 Å². The van der Waals surface area contributed by atoms with Crippen LogP contribution in [0.15, 0.2) is 30.6 Å². The number of aromatic hydroxyl groups is 1. The molecule has 3 heteroatoms. The summed E-state index contributed by atoms with van der Waals surface area (Å²) in [6, 6.07) is 5.26. The predicted octanol–water partition coefficient (Wildman–Crippen LogP) is 1.40. The number of rotatable bonds is 1. The van der Waals surface area contributed by atoms with Crippen LogP contribution in [-0.2, 0) is 6.54 Å². The van der Waals surface area contributed by atoms with E-state index in [0.29, 0.717) is 6.54 Å². The SMILES string of the molecule is NCc1ccc(O)c2ccncc12. The molecule has 0 aliphatic carbocycles. The maximum atomic E-state index is 9.52. The molecule has 0 spiro atoms. The van der Waals surface area contributed by atoms with Gasteiger partial charge in [0.15, 0.2) is 0 Å². The van der Waals surface area contributed by atoms with Gasteiger partial charge in [-0.2, -0.15) is 0 Å². The number of pyridine rings is 1. The van der Waals surface area contributed by atoms with Crippen molar-refractivity contribution < 1.29 is 5.11 Å². The number of hydrogen-bond donors (Lipinski definition) is 2. The smallest absolute Gasteiger partial charge is 0.123 e. The zero-order valence-electron chi connectivity index (χ0n) is 7.07. The van der Waals surface area contributed by atoms with Gasteiger partial charge in [-0.25, -0.2) is 0 Å². The predicted molar refractivity (Wildman–Crippen MR) is 51.3 cm³/mol. The van der Waals surface area contributed by atoms with Crippen LogP contribution in [0.3, 0.4) is 0 Å². The monoisotopic (exact) mass is 174 g/mol. The Morgan fingerprint density at radius 1 is 1.23 bits per heavy atom. The highest BCUT2D eigenvalue weighted by atomic mass is 16.3. The van der Waals surface area contributed by atoms with E-state index in [1.54, 1.807) is 24.5 Å². The molecule has 0 fully saturated rings. The van der Waals surface area contributed by atoms with Crippen molar-refractivity contribution in [2.75, 3.05) is 0 Å². The third kappa shape index (κ3) is 1.23. The Morgan fingerprint density at radius 3 is 2.85 bits per heavy atom. The summed E-state index contributed by atoms with van der Waals surface area (Å²) in [6.07, 6.45) is 3.37. The van der Waals surface area contributed by atoms with Crippen molar-refractivity contribution in [3.8, 4) is 5.75 Å². The van der Waals surface area contributed by atoms with E-state index >= 15 is 0 Å². The number of nitrogens with zero attached hydrogens (tertiary/aromatic N) is 1. The highest BCUT2D eigenvalue weighted by Crippen LogP contribution is 2.26. The van der Waals surface area contributed by atoms with E-state index in [4.69, 9.17) is 5.73 Å². The van der Waals surface area contributed by atoms with Crippen molar-refractivity contribution in [1.82, 2.24) is 4.98 Å². The molecule has 0 amide bonds. The van der Waals surface area contributed by atoms with Crippen LogP contribution in [0.4, 0.5) is 0 Å². The van der Waals surface area contributed by atoms with Crippen molar-refractivity contribution >= 4 is 10.8 Å². The van der Waals surface area contributed by atoms with Crippen LogP contribution in [0.25, 0.3) is 10.8 Å². The molecule has 66 valence electrons. The fourth-order valence-corrected chi connectivity index (χ4v) is 1.41. The Hall–Kier alpha value is -1.61. The lowest BCUT2D eigenvalue weighted by molar-refractivity contribution is 0.481. The minimum absolute atomic E-state index is 0.273. The average Bonchev–Trinajstić information content (AvgIpc) is 2.19. The lowest BCUT2D eigenvalue weighted by Crippen LogP contribution is -1.97. The van der Waals surface area contributed by atoms with Crippen LogP contribution < -0.4 is 5.73 Å². The number of phenols is 1. The molecule has 3 N–H and O–H groups in total. The molecule has 1 heterocycles. The van der Waals surface area contributed by atoms with Crippen LogP contribution >= 0.6 is 0 Å². The lowest BCUT2D eigenvalue weighted by atomic mass is 10.1. The van der Waals surface area contributed by atoms with Gasteiger partial charge in [-0.05, 0) is 17.7 Å². The summed E-state index contributed by atoms with van der Waals surface area (Å²) in [5.41, 5.74) is 6.56. The fraction of sp³-hybridized carbons (Fsp3) is 0.100. The molecule has 3 nitrogen and oxygen atoms in total. The zero-order valence-corrected chi connectivity index (χ0v) is 7.07. The second kappa shape index (κ2) is 3.03. The largest absolute Gasteiger partial charge is 0.507 e. The second-order valence-electron chi connectivity index (χ2n) is 2.87. The first kappa shape index (κ1) is 8.01. The van der Waals surface area contributed by atoms with Gasteiger partial charge in [-0.3, -0.25) is 4.98 Å². The van der Waals surface area contributed by atoms with E-state index in [9.17, 15) is 5.11 Å². The summed E-state index contributed by atoms with van der Waals surface area (Å²) in [5.74, 6) is 0.273. The fourth-order valence-electron chi connectivity index (χ4n) is 1.41. The van der Waals surface area contributed by atoms with Crippen molar-refractivity contribution in [1.29, 1.82) is 0 Å². The summed E-state index contributed by atoms with van der Waals surface area (Å²) >= 11 is 0. The summed E-state index contributed by atoms with van der Waals surface area (Å²) in [7, 11) is 0. The van der Waals surface area contributed by atoms with Gasteiger partial charge in [0.2, 0.25) is 0 Å². The third-order valence-electron chi connectivity index (χ3n) is 2.11. The van der Waals surface area contributed by atoms with Crippen molar-refractivity contribution in [3.05, 3.63) is 36.2 Å². The van der Waals surface area contributed by atoms with E-state index in [1.165, 1.54) is 0 Å². The van der Waals surface area contributed by atoms with Crippen molar-refractivity contribution in [2.45, 2.75) is 6.54 Å². The molecule has 0 atom stereocenters. The molecule has 2 aromatic rings. The number of aromatic nitrogens is 1. The molecule has 0 aliphatic rings. The minimum atomic E-state index is 0.273. The maximum absolute atomic E-state index is 9.52. The Balaban J connectivity index is 2.84. The molecule has 1 aromatic carbocycles. The molecule has 0 saturated carbocycles. The molecular weight excluding hydrogens is 164 g/mol. The second-order valence-corrected chi connectivity index (χ2v) is 2.87. The van der Waals surface area contributed by atoms with Gasteiger partial charge in [0.25, 0.3) is 0 Å². The molecule has 0 saturated heterocycles. The molecular formula is C10H10N2O. The van der Waals surface area contributed by atoms with E-state index < -0.39 is 0 Å². The Labute approximate surface area is 75.8 Å². The highest BCUT2D eigenvalue weighted by molar-refractivity contribution is 5.89.